The minimum atomic E-state index is 0.504. The third-order valence-corrected chi connectivity index (χ3v) is 4.95. The highest BCUT2D eigenvalue weighted by Gasteiger charge is 2.38. The lowest BCUT2D eigenvalue weighted by Crippen LogP contribution is -2.29. The van der Waals surface area contributed by atoms with Crippen LogP contribution < -0.4 is 5.32 Å². The fraction of sp³-hybridized carbons (Fsp3) is 0.786. The molecule has 4 nitrogen and oxygen atoms in total. The van der Waals surface area contributed by atoms with Gasteiger partial charge in [-0.05, 0) is 45.7 Å². The maximum Gasteiger partial charge on any atom is 0.0644 e. The molecule has 100 valence electrons. The second kappa shape index (κ2) is 4.35. The summed E-state index contributed by atoms with van der Waals surface area (Å²) in [7, 11) is 2.04. The molecule has 0 amide bonds. The lowest BCUT2D eigenvalue weighted by molar-refractivity contribution is 0.242. The molecule has 0 saturated carbocycles. The average molecular weight is 248 g/mol. The Morgan fingerprint density at radius 2 is 1.83 bits per heavy atom. The van der Waals surface area contributed by atoms with Gasteiger partial charge in [-0.1, -0.05) is 0 Å². The number of hydrogen-bond acceptors (Lipinski definition) is 3. The fourth-order valence-electron chi connectivity index (χ4n) is 3.79. The van der Waals surface area contributed by atoms with Crippen molar-refractivity contribution in [2.24, 2.45) is 18.9 Å². The molecule has 4 heteroatoms. The van der Waals surface area contributed by atoms with Gasteiger partial charge in [0, 0.05) is 37.4 Å². The minimum Gasteiger partial charge on any atom is -0.316 e. The summed E-state index contributed by atoms with van der Waals surface area (Å²) in [6.07, 6.45) is 0. The first kappa shape index (κ1) is 12.2. The van der Waals surface area contributed by atoms with Crippen LogP contribution in [0.4, 0.5) is 0 Å². The van der Waals surface area contributed by atoms with Crippen LogP contribution in [0.3, 0.4) is 0 Å². The number of nitrogens with one attached hydrogen (secondary N) is 1. The van der Waals surface area contributed by atoms with Crippen LogP contribution in [0, 0.1) is 25.7 Å². The molecule has 3 atom stereocenters. The Balaban J connectivity index is 1.81. The molecule has 1 aromatic heterocycles. The summed E-state index contributed by atoms with van der Waals surface area (Å²) in [6, 6.07) is 0.504. The maximum atomic E-state index is 4.55. The highest BCUT2D eigenvalue weighted by atomic mass is 15.3. The summed E-state index contributed by atoms with van der Waals surface area (Å²) >= 11 is 0. The van der Waals surface area contributed by atoms with E-state index in [4.69, 9.17) is 0 Å². The van der Waals surface area contributed by atoms with E-state index in [1.165, 1.54) is 43.1 Å². The zero-order valence-corrected chi connectivity index (χ0v) is 11.9. The van der Waals surface area contributed by atoms with Crippen molar-refractivity contribution in [2.45, 2.75) is 26.8 Å². The number of aryl methyl sites for hydroxylation is 2. The smallest absolute Gasteiger partial charge is 0.0644 e. The van der Waals surface area contributed by atoms with E-state index in [0.717, 1.165) is 11.8 Å². The Hall–Kier alpha value is -0.870. The van der Waals surface area contributed by atoms with Crippen molar-refractivity contribution in [3.05, 3.63) is 17.0 Å². The van der Waals surface area contributed by atoms with Gasteiger partial charge in [-0.3, -0.25) is 9.58 Å². The summed E-state index contributed by atoms with van der Waals surface area (Å²) in [6.45, 7) is 11.6. The van der Waals surface area contributed by atoms with Gasteiger partial charge in [-0.25, -0.2) is 0 Å². The van der Waals surface area contributed by atoms with E-state index >= 15 is 0 Å². The van der Waals surface area contributed by atoms with Crippen molar-refractivity contribution >= 4 is 0 Å². The third-order valence-electron chi connectivity index (χ3n) is 4.95. The van der Waals surface area contributed by atoms with E-state index in [-0.39, 0.29) is 0 Å². The zero-order valence-electron chi connectivity index (χ0n) is 11.9. The predicted octanol–water partition coefficient (Wildman–Crippen LogP) is 1.25. The molecule has 0 aromatic carbocycles. The molecule has 2 fully saturated rings. The summed E-state index contributed by atoms with van der Waals surface area (Å²) < 4.78 is 2.01. The van der Waals surface area contributed by atoms with Gasteiger partial charge in [-0.15, -0.1) is 0 Å². The summed E-state index contributed by atoms with van der Waals surface area (Å²) in [5.41, 5.74) is 3.94. The van der Waals surface area contributed by atoms with Crippen LogP contribution in [-0.4, -0.2) is 40.9 Å². The summed E-state index contributed by atoms with van der Waals surface area (Å²) in [4.78, 5) is 2.65. The first-order chi connectivity index (χ1) is 8.58. The third kappa shape index (κ3) is 1.79. The predicted molar refractivity (Wildman–Crippen MR) is 72.5 cm³/mol. The number of rotatable bonds is 2. The van der Waals surface area contributed by atoms with Crippen LogP contribution in [0.1, 0.15) is 29.9 Å². The first-order valence-electron chi connectivity index (χ1n) is 7.02. The lowest BCUT2D eigenvalue weighted by Gasteiger charge is -2.25. The number of hydrogen-bond donors (Lipinski definition) is 1. The van der Waals surface area contributed by atoms with Crippen molar-refractivity contribution in [3.8, 4) is 0 Å². The lowest BCUT2D eigenvalue weighted by atomic mass is 10.0. The molecule has 0 radical (unpaired) electrons. The van der Waals surface area contributed by atoms with Gasteiger partial charge < -0.3 is 5.32 Å². The van der Waals surface area contributed by atoms with Gasteiger partial charge in [-0.2, -0.15) is 5.10 Å². The highest BCUT2D eigenvalue weighted by Crippen LogP contribution is 2.34. The standard InChI is InChI=1S/C14H24N4/c1-9-14(10(2)17(4)16-9)11(3)18-7-12-5-15-6-13(12)8-18/h11-13,15H,5-8H2,1-4H3/t11?,12-,13+. The van der Waals surface area contributed by atoms with Crippen molar-refractivity contribution in [3.63, 3.8) is 0 Å². The second-order valence-corrected chi connectivity index (χ2v) is 6.02. The Labute approximate surface area is 109 Å². The molecule has 2 saturated heterocycles. The van der Waals surface area contributed by atoms with Crippen molar-refractivity contribution in [1.82, 2.24) is 20.0 Å². The quantitative estimate of drug-likeness (QED) is 0.855. The van der Waals surface area contributed by atoms with E-state index in [1.807, 2.05) is 11.7 Å². The highest BCUT2D eigenvalue weighted by molar-refractivity contribution is 5.28. The number of nitrogens with zero attached hydrogens (tertiary/aromatic N) is 3. The van der Waals surface area contributed by atoms with Crippen molar-refractivity contribution < 1.29 is 0 Å². The van der Waals surface area contributed by atoms with Crippen LogP contribution in [0.15, 0.2) is 0 Å². The van der Waals surface area contributed by atoms with E-state index in [2.05, 4.69) is 36.1 Å². The normalized spacial score (nSPS) is 29.8. The number of aromatic nitrogens is 2. The molecule has 3 rings (SSSR count). The van der Waals surface area contributed by atoms with E-state index < -0.39 is 0 Å². The molecular formula is C14H24N4. The SMILES string of the molecule is Cc1nn(C)c(C)c1C(C)N1C[C@H]2CNC[C@H]2C1. The molecule has 1 unspecified atom stereocenters. The van der Waals surface area contributed by atoms with Crippen LogP contribution in [0.25, 0.3) is 0 Å². The average Bonchev–Trinajstić information content (AvgIpc) is 2.93. The van der Waals surface area contributed by atoms with Gasteiger partial charge >= 0.3 is 0 Å². The molecule has 0 bridgehead atoms. The van der Waals surface area contributed by atoms with Crippen molar-refractivity contribution in [2.75, 3.05) is 26.2 Å². The Bertz CT molecular complexity index is 439. The molecule has 2 aliphatic rings. The maximum absolute atomic E-state index is 4.55. The Morgan fingerprint density at radius 3 is 2.33 bits per heavy atom. The van der Waals surface area contributed by atoms with Gasteiger partial charge in [0.2, 0.25) is 0 Å². The van der Waals surface area contributed by atoms with Crippen LogP contribution >= 0.6 is 0 Å². The summed E-state index contributed by atoms with van der Waals surface area (Å²) in [5.74, 6) is 1.73. The molecular weight excluding hydrogens is 224 g/mol. The van der Waals surface area contributed by atoms with Crippen LogP contribution in [0.2, 0.25) is 0 Å². The fourth-order valence-corrected chi connectivity index (χ4v) is 3.79. The van der Waals surface area contributed by atoms with E-state index in [1.54, 1.807) is 0 Å². The van der Waals surface area contributed by atoms with Gasteiger partial charge in [0.1, 0.15) is 0 Å². The van der Waals surface area contributed by atoms with Crippen LogP contribution in [0.5, 0.6) is 0 Å². The first-order valence-corrected chi connectivity index (χ1v) is 7.02. The molecule has 18 heavy (non-hydrogen) atoms. The zero-order chi connectivity index (χ0) is 12.9. The van der Waals surface area contributed by atoms with Gasteiger partial charge in [0.25, 0.3) is 0 Å². The summed E-state index contributed by atoms with van der Waals surface area (Å²) in [5, 5.41) is 8.06. The molecule has 0 aliphatic carbocycles. The van der Waals surface area contributed by atoms with Crippen molar-refractivity contribution in [1.29, 1.82) is 0 Å². The van der Waals surface area contributed by atoms with E-state index in [9.17, 15) is 0 Å². The molecule has 1 N–H and O–H groups in total. The monoisotopic (exact) mass is 248 g/mol. The Kier molecular flexibility index (Phi) is 2.94. The molecule has 3 heterocycles. The largest absolute Gasteiger partial charge is 0.316 e. The second-order valence-electron chi connectivity index (χ2n) is 6.02. The minimum absolute atomic E-state index is 0.504. The van der Waals surface area contributed by atoms with Gasteiger partial charge in [0.05, 0.1) is 5.69 Å². The Morgan fingerprint density at radius 1 is 1.22 bits per heavy atom. The molecule has 0 spiro atoms. The number of fused-ring (bicyclic) bond motifs is 1. The molecule has 1 aromatic rings. The topological polar surface area (TPSA) is 33.1 Å². The molecule has 2 aliphatic heterocycles. The van der Waals surface area contributed by atoms with Crippen LogP contribution in [-0.2, 0) is 7.05 Å². The van der Waals surface area contributed by atoms with Gasteiger partial charge in [0.15, 0.2) is 0 Å². The van der Waals surface area contributed by atoms with E-state index in [0.29, 0.717) is 6.04 Å². The number of likely N-dealkylation sites (tertiary alicyclic amines) is 1.